The Morgan fingerprint density at radius 2 is 1.76 bits per heavy atom. The number of unbranched alkanes of at least 4 members (excludes halogenated alkanes) is 4. The van der Waals surface area contributed by atoms with E-state index >= 15 is 0 Å². The summed E-state index contributed by atoms with van der Waals surface area (Å²) >= 11 is 0. The molecule has 0 radical (unpaired) electrons. The van der Waals surface area contributed by atoms with E-state index in [1.54, 1.807) is 7.11 Å². The molecule has 21 heavy (non-hydrogen) atoms. The fourth-order valence-electron chi connectivity index (χ4n) is 1.85. The zero-order chi connectivity index (χ0) is 15.6. The third-order valence-corrected chi connectivity index (χ3v) is 3.07. The number of hydrogen-bond donors (Lipinski definition) is 2. The molecule has 0 rings (SSSR count). The van der Waals surface area contributed by atoms with E-state index in [1.165, 1.54) is 25.7 Å². The Bertz CT molecular complexity index is 236. The van der Waals surface area contributed by atoms with E-state index in [0.29, 0.717) is 13.2 Å². The van der Waals surface area contributed by atoms with Crippen molar-refractivity contribution in [2.24, 2.45) is 4.99 Å². The van der Waals surface area contributed by atoms with Gasteiger partial charge in [-0.3, -0.25) is 4.99 Å². The molecule has 0 saturated carbocycles. The molecule has 0 aliphatic heterocycles. The van der Waals surface area contributed by atoms with Crippen molar-refractivity contribution >= 4 is 5.96 Å². The molecular formula is C16H35N3O2. The molecule has 2 N–H and O–H groups in total. The first-order valence-corrected chi connectivity index (χ1v) is 8.44. The number of ether oxygens (including phenoxy) is 2. The minimum atomic E-state index is 0.674. The summed E-state index contributed by atoms with van der Waals surface area (Å²) in [6.07, 6.45) is 7.19. The summed E-state index contributed by atoms with van der Waals surface area (Å²) in [6.45, 7) is 9.24. The summed E-state index contributed by atoms with van der Waals surface area (Å²) in [7, 11) is 1.69. The van der Waals surface area contributed by atoms with Crippen LogP contribution in [-0.4, -0.2) is 52.5 Å². The van der Waals surface area contributed by atoms with Gasteiger partial charge in [0.15, 0.2) is 5.96 Å². The van der Waals surface area contributed by atoms with Gasteiger partial charge in [0, 0.05) is 33.4 Å². The molecule has 5 heteroatoms. The molecule has 0 fully saturated rings. The summed E-state index contributed by atoms with van der Waals surface area (Å²) < 4.78 is 10.4. The van der Waals surface area contributed by atoms with E-state index in [1.807, 2.05) is 0 Å². The van der Waals surface area contributed by atoms with Crippen molar-refractivity contribution < 1.29 is 9.47 Å². The van der Waals surface area contributed by atoms with Crippen molar-refractivity contribution in [1.82, 2.24) is 10.6 Å². The fraction of sp³-hybridized carbons (Fsp3) is 0.938. The third-order valence-electron chi connectivity index (χ3n) is 3.07. The van der Waals surface area contributed by atoms with Gasteiger partial charge in [-0.15, -0.1) is 0 Å². The van der Waals surface area contributed by atoms with Crippen LogP contribution < -0.4 is 10.6 Å². The first-order chi connectivity index (χ1) is 10.3. The topological polar surface area (TPSA) is 54.9 Å². The van der Waals surface area contributed by atoms with E-state index in [2.05, 4.69) is 29.5 Å². The van der Waals surface area contributed by atoms with Gasteiger partial charge in [-0.1, -0.05) is 26.2 Å². The van der Waals surface area contributed by atoms with E-state index in [4.69, 9.17) is 9.47 Å². The molecule has 0 unspecified atom stereocenters. The zero-order valence-electron chi connectivity index (χ0n) is 14.2. The normalized spacial score (nSPS) is 11.7. The summed E-state index contributed by atoms with van der Waals surface area (Å²) in [5.41, 5.74) is 0. The number of rotatable bonds is 14. The molecule has 0 aromatic rings. The van der Waals surface area contributed by atoms with Gasteiger partial charge < -0.3 is 20.1 Å². The zero-order valence-corrected chi connectivity index (χ0v) is 14.2. The van der Waals surface area contributed by atoms with Gasteiger partial charge in [-0.2, -0.15) is 0 Å². The highest BCUT2D eigenvalue weighted by Gasteiger charge is 1.96. The second-order valence-corrected chi connectivity index (χ2v) is 5.06. The average molecular weight is 301 g/mol. The second kappa shape index (κ2) is 17.2. The van der Waals surface area contributed by atoms with E-state index in [9.17, 15) is 0 Å². The number of nitrogens with one attached hydrogen (secondary N) is 2. The molecule has 0 aliphatic carbocycles. The lowest BCUT2D eigenvalue weighted by molar-refractivity contribution is 0.0689. The van der Waals surface area contributed by atoms with Crippen LogP contribution in [0.25, 0.3) is 0 Å². The van der Waals surface area contributed by atoms with Crippen LogP contribution in [0.1, 0.15) is 52.4 Å². The van der Waals surface area contributed by atoms with Crippen LogP contribution >= 0.6 is 0 Å². The lowest BCUT2D eigenvalue weighted by Crippen LogP contribution is -2.37. The van der Waals surface area contributed by atoms with Crippen LogP contribution in [0.4, 0.5) is 0 Å². The van der Waals surface area contributed by atoms with Gasteiger partial charge in [0.05, 0.1) is 13.2 Å². The molecule has 0 heterocycles. The van der Waals surface area contributed by atoms with Crippen LogP contribution in [0, 0.1) is 0 Å². The summed E-state index contributed by atoms with van der Waals surface area (Å²) in [5.74, 6) is 0.939. The van der Waals surface area contributed by atoms with E-state index in [-0.39, 0.29) is 0 Å². The molecule has 0 bridgehead atoms. The Kier molecular flexibility index (Phi) is 16.6. The molecule has 0 saturated heterocycles. The molecule has 0 spiro atoms. The monoisotopic (exact) mass is 301 g/mol. The predicted octanol–water partition coefficient (Wildman–Crippen LogP) is 2.57. The first kappa shape index (κ1) is 20.2. The average Bonchev–Trinajstić information content (AvgIpc) is 2.49. The number of guanidine groups is 1. The Hall–Kier alpha value is -0.810. The fourth-order valence-corrected chi connectivity index (χ4v) is 1.85. The molecule has 5 nitrogen and oxygen atoms in total. The minimum absolute atomic E-state index is 0.674. The number of hydrogen-bond acceptors (Lipinski definition) is 3. The highest BCUT2D eigenvalue weighted by atomic mass is 16.5. The lowest BCUT2D eigenvalue weighted by atomic mass is 10.2. The van der Waals surface area contributed by atoms with Crippen molar-refractivity contribution in [2.45, 2.75) is 52.4 Å². The van der Waals surface area contributed by atoms with Crippen LogP contribution in [0.5, 0.6) is 0 Å². The van der Waals surface area contributed by atoms with Gasteiger partial charge in [0.25, 0.3) is 0 Å². The summed E-state index contributed by atoms with van der Waals surface area (Å²) in [6, 6.07) is 0. The smallest absolute Gasteiger partial charge is 0.191 e. The van der Waals surface area contributed by atoms with Crippen molar-refractivity contribution in [3.8, 4) is 0 Å². The van der Waals surface area contributed by atoms with E-state index in [0.717, 1.165) is 45.0 Å². The van der Waals surface area contributed by atoms with E-state index < -0.39 is 0 Å². The second-order valence-electron chi connectivity index (χ2n) is 5.06. The number of methoxy groups -OCH3 is 1. The van der Waals surface area contributed by atoms with Gasteiger partial charge in [-0.25, -0.2) is 0 Å². The highest BCUT2D eigenvalue weighted by Crippen LogP contribution is 1.98. The quantitative estimate of drug-likeness (QED) is 0.294. The van der Waals surface area contributed by atoms with Crippen molar-refractivity contribution in [1.29, 1.82) is 0 Å². The molecule has 0 aromatic carbocycles. The Labute approximate surface area is 130 Å². The van der Waals surface area contributed by atoms with Gasteiger partial charge >= 0.3 is 0 Å². The van der Waals surface area contributed by atoms with Crippen LogP contribution in [-0.2, 0) is 9.47 Å². The standard InChI is InChI=1S/C16H35N3O2/c1-4-6-7-8-11-18-16(17-5-2)19-12-9-10-13-21-15-14-20-3/h4-15H2,1-3H3,(H2,17,18,19). The van der Waals surface area contributed by atoms with Crippen molar-refractivity contribution in [3.05, 3.63) is 0 Å². The number of nitrogens with zero attached hydrogens (tertiary/aromatic N) is 1. The molecule has 0 amide bonds. The molecule has 0 aliphatic rings. The molecule has 0 atom stereocenters. The molecular weight excluding hydrogens is 266 g/mol. The molecule has 0 aromatic heterocycles. The SMILES string of the molecule is CCCCCCN=C(NCC)NCCCCOCCOC. The Morgan fingerprint density at radius 1 is 0.905 bits per heavy atom. The summed E-state index contributed by atoms with van der Waals surface area (Å²) in [4.78, 5) is 4.59. The Morgan fingerprint density at radius 3 is 2.48 bits per heavy atom. The lowest BCUT2D eigenvalue weighted by Gasteiger charge is -2.11. The maximum atomic E-state index is 5.43. The van der Waals surface area contributed by atoms with Gasteiger partial charge in [0.2, 0.25) is 0 Å². The molecule has 126 valence electrons. The maximum Gasteiger partial charge on any atom is 0.191 e. The van der Waals surface area contributed by atoms with Crippen LogP contribution in [0.2, 0.25) is 0 Å². The van der Waals surface area contributed by atoms with Crippen molar-refractivity contribution in [2.75, 3.05) is 46.6 Å². The minimum Gasteiger partial charge on any atom is -0.382 e. The predicted molar refractivity (Wildman–Crippen MR) is 90.1 cm³/mol. The maximum absolute atomic E-state index is 5.43. The summed E-state index contributed by atoms with van der Waals surface area (Å²) in [5, 5.41) is 6.66. The van der Waals surface area contributed by atoms with Crippen LogP contribution in [0.15, 0.2) is 4.99 Å². The van der Waals surface area contributed by atoms with Crippen LogP contribution in [0.3, 0.4) is 0 Å². The largest absolute Gasteiger partial charge is 0.382 e. The third kappa shape index (κ3) is 15.4. The van der Waals surface area contributed by atoms with Gasteiger partial charge in [-0.05, 0) is 26.2 Å². The van der Waals surface area contributed by atoms with Crippen molar-refractivity contribution in [3.63, 3.8) is 0 Å². The van der Waals surface area contributed by atoms with Gasteiger partial charge in [0.1, 0.15) is 0 Å². The first-order valence-electron chi connectivity index (χ1n) is 8.44. The highest BCUT2D eigenvalue weighted by molar-refractivity contribution is 5.79. The Balaban J connectivity index is 3.56. The number of aliphatic imine (C=N–C) groups is 1.